The van der Waals surface area contributed by atoms with E-state index in [1.807, 2.05) is 18.2 Å². The SMILES string of the molecule is Cn1ncc(-c2ccccc2N2CC(=O)NCC2=O)c1N. The van der Waals surface area contributed by atoms with Gasteiger partial charge in [-0.15, -0.1) is 0 Å². The van der Waals surface area contributed by atoms with Crippen LogP contribution < -0.4 is 16.0 Å². The van der Waals surface area contributed by atoms with Crippen LogP contribution in [0.5, 0.6) is 0 Å². The summed E-state index contributed by atoms with van der Waals surface area (Å²) in [5.41, 5.74) is 8.20. The van der Waals surface area contributed by atoms with Gasteiger partial charge in [0.1, 0.15) is 12.4 Å². The van der Waals surface area contributed by atoms with E-state index >= 15 is 0 Å². The maximum atomic E-state index is 12.1. The molecule has 1 fully saturated rings. The Morgan fingerprint density at radius 1 is 1.24 bits per heavy atom. The van der Waals surface area contributed by atoms with Crippen molar-refractivity contribution in [2.45, 2.75) is 0 Å². The molecular formula is C14H15N5O2. The van der Waals surface area contributed by atoms with Gasteiger partial charge in [0.25, 0.3) is 0 Å². The fourth-order valence-electron chi connectivity index (χ4n) is 2.37. The van der Waals surface area contributed by atoms with Crippen molar-refractivity contribution in [1.82, 2.24) is 15.1 Å². The maximum Gasteiger partial charge on any atom is 0.246 e. The van der Waals surface area contributed by atoms with E-state index < -0.39 is 0 Å². The van der Waals surface area contributed by atoms with Crippen LogP contribution in [0.1, 0.15) is 0 Å². The average Bonchev–Trinajstić information content (AvgIpc) is 2.82. The van der Waals surface area contributed by atoms with E-state index in [-0.39, 0.29) is 24.9 Å². The highest BCUT2D eigenvalue weighted by atomic mass is 16.2. The van der Waals surface area contributed by atoms with Gasteiger partial charge in [0.05, 0.1) is 18.4 Å². The number of benzene rings is 1. The lowest BCUT2D eigenvalue weighted by atomic mass is 10.0. The van der Waals surface area contributed by atoms with Crippen molar-refractivity contribution in [3.8, 4) is 11.1 Å². The van der Waals surface area contributed by atoms with Crippen LogP contribution in [-0.4, -0.2) is 34.7 Å². The van der Waals surface area contributed by atoms with E-state index in [1.54, 1.807) is 24.0 Å². The van der Waals surface area contributed by atoms with Crippen LogP contribution in [0.2, 0.25) is 0 Å². The van der Waals surface area contributed by atoms with E-state index in [0.29, 0.717) is 11.5 Å². The first-order valence-corrected chi connectivity index (χ1v) is 6.52. The molecule has 1 saturated heterocycles. The molecule has 1 aliphatic rings. The Labute approximate surface area is 121 Å². The van der Waals surface area contributed by atoms with Gasteiger partial charge < -0.3 is 16.0 Å². The van der Waals surface area contributed by atoms with E-state index in [0.717, 1.165) is 11.1 Å². The summed E-state index contributed by atoms with van der Waals surface area (Å²) in [6.45, 7) is 0.0195. The number of piperazine rings is 1. The standard InChI is InChI=1S/C14H15N5O2/c1-18-14(15)10(6-17-18)9-4-2-3-5-11(9)19-8-12(20)16-7-13(19)21/h2-6H,7-8,15H2,1H3,(H,16,20). The van der Waals surface area contributed by atoms with Gasteiger partial charge in [-0.25, -0.2) is 0 Å². The Kier molecular flexibility index (Phi) is 3.09. The average molecular weight is 285 g/mol. The number of amides is 2. The zero-order chi connectivity index (χ0) is 15.0. The second kappa shape index (κ2) is 4.93. The highest BCUT2D eigenvalue weighted by Gasteiger charge is 2.27. The molecule has 1 aliphatic heterocycles. The lowest BCUT2D eigenvalue weighted by Crippen LogP contribution is -2.51. The molecule has 7 nitrogen and oxygen atoms in total. The first-order chi connectivity index (χ1) is 10.1. The first kappa shape index (κ1) is 13.2. The third-order valence-electron chi connectivity index (χ3n) is 3.51. The number of nitrogens with two attached hydrogens (primary N) is 1. The van der Waals surface area contributed by atoms with Gasteiger partial charge in [-0.1, -0.05) is 18.2 Å². The second-order valence-electron chi connectivity index (χ2n) is 4.84. The van der Waals surface area contributed by atoms with Crippen molar-refractivity contribution in [1.29, 1.82) is 0 Å². The van der Waals surface area contributed by atoms with Crippen molar-refractivity contribution in [3.05, 3.63) is 30.5 Å². The summed E-state index contributed by atoms with van der Waals surface area (Å²) < 4.78 is 1.57. The first-order valence-electron chi connectivity index (χ1n) is 6.52. The molecule has 1 aromatic carbocycles. The minimum atomic E-state index is -0.177. The minimum absolute atomic E-state index is 0.00961. The van der Waals surface area contributed by atoms with Crippen LogP contribution in [0.15, 0.2) is 30.5 Å². The molecule has 0 bridgehead atoms. The molecule has 2 aromatic rings. The number of aryl methyl sites for hydroxylation is 1. The van der Waals surface area contributed by atoms with E-state index in [9.17, 15) is 9.59 Å². The molecule has 0 spiro atoms. The van der Waals surface area contributed by atoms with Crippen molar-refractivity contribution < 1.29 is 9.59 Å². The Balaban J connectivity index is 2.10. The van der Waals surface area contributed by atoms with Gasteiger partial charge in [0, 0.05) is 18.2 Å². The lowest BCUT2D eigenvalue weighted by molar-refractivity contribution is -0.128. The minimum Gasteiger partial charge on any atom is -0.383 e. The molecule has 3 N–H and O–H groups in total. The summed E-state index contributed by atoms with van der Waals surface area (Å²) in [6.07, 6.45) is 1.66. The van der Waals surface area contributed by atoms with Gasteiger partial charge in [-0.2, -0.15) is 5.10 Å². The molecule has 2 heterocycles. The number of nitrogens with one attached hydrogen (secondary N) is 1. The quantitative estimate of drug-likeness (QED) is 0.820. The molecule has 0 atom stereocenters. The molecule has 0 unspecified atom stereocenters. The number of carbonyl (C=O) groups is 2. The Bertz CT molecular complexity index is 722. The Hall–Kier alpha value is -2.83. The van der Waals surface area contributed by atoms with E-state index in [4.69, 9.17) is 5.73 Å². The maximum absolute atomic E-state index is 12.1. The largest absolute Gasteiger partial charge is 0.383 e. The van der Waals surface area contributed by atoms with Gasteiger partial charge in [0.2, 0.25) is 11.8 Å². The van der Waals surface area contributed by atoms with Crippen LogP contribution >= 0.6 is 0 Å². The summed E-state index contributed by atoms with van der Waals surface area (Å²) in [7, 11) is 1.75. The second-order valence-corrected chi connectivity index (χ2v) is 4.84. The van der Waals surface area contributed by atoms with Crippen molar-refractivity contribution in [3.63, 3.8) is 0 Å². The topological polar surface area (TPSA) is 93.2 Å². The molecule has 2 amide bonds. The third-order valence-corrected chi connectivity index (χ3v) is 3.51. The smallest absolute Gasteiger partial charge is 0.246 e. The molecule has 108 valence electrons. The summed E-state index contributed by atoms with van der Waals surface area (Å²) in [5.74, 6) is 0.185. The fraction of sp³-hybridized carbons (Fsp3) is 0.214. The molecule has 0 radical (unpaired) electrons. The molecular weight excluding hydrogens is 270 g/mol. The van der Waals surface area contributed by atoms with Crippen molar-refractivity contribution in [2.75, 3.05) is 23.7 Å². The number of para-hydroxylation sites is 1. The van der Waals surface area contributed by atoms with Crippen LogP contribution in [-0.2, 0) is 16.6 Å². The lowest BCUT2D eigenvalue weighted by Gasteiger charge is -2.28. The van der Waals surface area contributed by atoms with Crippen LogP contribution in [0, 0.1) is 0 Å². The molecule has 7 heteroatoms. The fourth-order valence-corrected chi connectivity index (χ4v) is 2.37. The van der Waals surface area contributed by atoms with Gasteiger partial charge in [0.15, 0.2) is 0 Å². The van der Waals surface area contributed by atoms with Crippen molar-refractivity contribution >= 4 is 23.3 Å². The molecule has 3 rings (SSSR count). The summed E-state index contributed by atoms with van der Waals surface area (Å²) in [4.78, 5) is 25.1. The van der Waals surface area contributed by atoms with Crippen molar-refractivity contribution in [2.24, 2.45) is 7.05 Å². The number of anilines is 2. The van der Waals surface area contributed by atoms with Gasteiger partial charge >= 0.3 is 0 Å². The number of carbonyl (C=O) groups excluding carboxylic acids is 2. The normalized spacial score (nSPS) is 15.2. The van der Waals surface area contributed by atoms with Crippen LogP contribution in [0.25, 0.3) is 11.1 Å². The number of nitrogens with zero attached hydrogens (tertiary/aromatic N) is 3. The summed E-state index contributed by atoms with van der Waals surface area (Å²) in [5, 5.41) is 6.66. The molecule has 1 aromatic heterocycles. The Morgan fingerprint density at radius 3 is 2.71 bits per heavy atom. The highest BCUT2D eigenvalue weighted by Crippen LogP contribution is 2.34. The number of aromatic nitrogens is 2. The predicted molar refractivity (Wildman–Crippen MR) is 78.4 cm³/mol. The zero-order valence-corrected chi connectivity index (χ0v) is 11.5. The number of rotatable bonds is 2. The molecule has 21 heavy (non-hydrogen) atoms. The van der Waals surface area contributed by atoms with Gasteiger partial charge in [-0.05, 0) is 6.07 Å². The zero-order valence-electron chi connectivity index (χ0n) is 11.5. The highest BCUT2D eigenvalue weighted by molar-refractivity contribution is 6.07. The molecule has 0 aliphatic carbocycles. The molecule has 0 saturated carbocycles. The Morgan fingerprint density at radius 2 is 2.00 bits per heavy atom. The van der Waals surface area contributed by atoms with E-state index in [2.05, 4.69) is 10.4 Å². The number of hydrogen-bond acceptors (Lipinski definition) is 4. The van der Waals surface area contributed by atoms with Crippen LogP contribution in [0.4, 0.5) is 11.5 Å². The monoisotopic (exact) mass is 285 g/mol. The predicted octanol–water partition coefficient (Wildman–Crippen LogP) is 0.132. The number of hydrogen-bond donors (Lipinski definition) is 2. The van der Waals surface area contributed by atoms with E-state index in [1.165, 1.54) is 4.90 Å². The number of nitrogen functional groups attached to an aromatic ring is 1. The summed E-state index contributed by atoms with van der Waals surface area (Å²) >= 11 is 0. The third kappa shape index (κ3) is 2.22. The van der Waals surface area contributed by atoms with Gasteiger partial charge in [-0.3, -0.25) is 14.3 Å². The summed E-state index contributed by atoms with van der Waals surface area (Å²) in [6, 6.07) is 7.35. The van der Waals surface area contributed by atoms with Crippen LogP contribution in [0.3, 0.4) is 0 Å².